The van der Waals surface area contributed by atoms with Gasteiger partial charge in [0.15, 0.2) is 0 Å². The van der Waals surface area contributed by atoms with Crippen LogP contribution in [0.2, 0.25) is 5.02 Å². The molecule has 0 aromatic heterocycles. The number of rotatable bonds is 4. The van der Waals surface area contributed by atoms with Crippen LogP contribution in [0.15, 0.2) is 24.3 Å². The lowest BCUT2D eigenvalue weighted by Gasteiger charge is -2.32. The van der Waals surface area contributed by atoms with Gasteiger partial charge in [-0.15, -0.1) is 0 Å². The first-order chi connectivity index (χ1) is 11.5. The van der Waals surface area contributed by atoms with Crippen LogP contribution in [0.25, 0.3) is 0 Å². The third-order valence-electron chi connectivity index (χ3n) is 4.86. The van der Waals surface area contributed by atoms with Gasteiger partial charge in [0.2, 0.25) is 5.91 Å². The van der Waals surface area contributed by atoms with Gasteiger partial charge < -0.3 is 10.0 Å². The van der Waals surface area contributed by atoms with E-state index in [1.165, 1.54) is 0 Å². The number of aliphatic carboxylic acids is 1. The summed E-state index contributed by atoms with van der Waals surface area (Å²) in [6.07, 6.45) is 2.41. The number of piperidine rings is 1. The van der Waals surface area contributed by atoms with Crippen LogP contribution in [0.1, 0.15) is 37.3 Å². The van der Waals surface area contributed by atoms with Gasteiger partial charge in [-0.2, -0.15) is 0 Å². The minimum absolute atomic E-state index is 0.0840. The molecule has 3 N–H and O–H groups in total. The van der Waals surface area contributed by atoms with Crippen molar-refractivity contribution >= 4 is 23.5 Å². The van der Waals surface area contributed by atoms with Gasteiger partial charge in [0.05, 0.1) is 0 Å². The Morgan fingerprint density at radius 1 is 1.17 bits per heavy atom. The van der Waals surface area contributed by atoms with Gasteiger partial charge in [-0.05, 0) is 42.9 Å². The van der Waals surface area contributed by atoms with Gasteiger partial charge in [-0.25, -0.2) is 10.9 Å². The van der Waals surface area contributed by atoms with E-state index in [0.717, 1.165) is 18.4 Å². The van der Waals surface area contributed by atoms with E-state index in [2.05, 4.69) is 10.9 Å². The van der Waals surface area contributed by atoms with E-state index in [9.17, 15) is 9.59 Å². The van der Waals surface area contributed by atoms with Gasteiger partial charge in [0.1, 0.15) is 6.04 Å². The highest BCUT2D eigenvalue weighted by molar-refractivity contribution is 6.30. The lowest BCUT2D eigenvalue weighted by atomic mass is 9.93. The van der Waals surface area contributed by atoms with E-state index in [-0.39, 0.29) is 30.3 Å². The molecule has 24 heavy (non-hydrogen) atoms. The molecular formula is C17H22ClN3O3. The molecule has 2 aliphatic rings. The number of halogens is 1. The molecule has 0 radical (unpaired) electrons. The fraction of sp³-hybridized carbons (Fsp3) is 0.529. The third-order valence-corrected chi connectivity index (χ3v) is 5.12. The minimum atomic E-state index is -0.757. The van der Waals surface area contributed by atoms with Crippen LogP contribution < -0.4 is 10.9 Å². The average Bonchev–Trinajstić information content (AvgIpc) is 3.05. The average molecular weight is 352 g/mol. The van der Waals surface area contributed by atoms with Crippen molar-refractivity contribution in [3.8, 4) is 0 Å². The van der Waals surface area contributed by atoms with Crippen molar-refractivity contribution in [3.63, 3.8) is 0 Å². The first kappa shape index (κ1) is 17.2. The highest BCUT2D eigenvalue weighted by Gasteiger charge is 2.34. The second-order valence-corrected chi connectivity index (χ2v) is 6.98. The Morgan fingerprint density at radius 2 is 1.83 bits per heavy atom. The monoisotopic (exact) mass is 351 g/mol. The summed E-state index contributed by atoms with van der Waals surface area (Å²) in [5.41, 5.74) is 7.37. The summed E-state index contributed by atoms with van der Waals surface area (Å²) in [5.74, 6) is -0.483. The van der Waals surface area contributed by atoms with Crippen LogP contribution in [0.3, 0.4) is 0 Å². The molecule has 2 heterocycles. The summed E-state index contributed by atoms with van der Waals surface area (Å²) in [5, 5.41) is 9.56. The number of amides is 1. The van der Waals surface area contributed by atoms with E-state index < -0.39 is 5.97 Å². The number of nitrogens with one attached hydrogen (secondary N) is 2. The van der Waals surface area contributed by atoms with Crippen molar-refractivity contribution in [3.05, 3.63) is 34.9 Å². The zero-order chi connectivity index (χ0) is 17.1. The molecule has 2 atom stereocenters. The van der Waals surface area contributed by atoms with Crippen molar-refractivity contribution in [2.45, 2.75) is 37.8 Å². The standard InChI is InChI=1S/C17H22ClN3O3/c18-13-3-1-12(2-4-13)14-10-15(20-19-14)17(24)21-7-5-11(6-8-21)9-16(22)23/h1-4,11,14-15,19-20H,5-10H2,(H,22,23). The maximum absolute atomic E-state index is 12.6. The molecule has 130 valence electrons. The van der Waals surface area contributed by atoms with Crippen LogP contribution in [-0.2, 0) is 9.59 Å². The Morgan fingerprint density at radius 3 is 2.46 bits per heavy atom. The van der Waals surface area contributed by atoms with Crippen LogP contribution in [0.4, 0.5) is 0 Å². The highest BCUT2D eigenvalue weighted by Crippen LogP contribution is 2.26. The summed E-state index contributed by atoms with van der Waals surface area (Å²) in [7, 11) is 0. The van der Waals surface area contributed by atoms with Crippen LogP contribution >= 0.6 is 11.6 Å². The van der Waals surface area contributed by atoms with Crippen molar-refractivity contribution < 1.29 is 14.7 Å². The molecule has 2 unspecified atom stereocenters. The van der Waals surface area contributed by atoms with Crippen molar-refractivity contribution in [2.24, 2.45) is 5.92 Å². The van der Waals surface area contributed by atoms with Gasteiger partial charge in [-0.1, -0.05) is 23.7 Å². The van der Waals surface area contributed by atoms with Crippen LogP contribution in [0.5, 0.6) is 0 Å². The number of hydrazine groups is 1. The maximum atomic E-state index is 12.6. The van der Waals surface area contributed by atoms with E-state index in [1.54, 1.807) is 0 Å². The number of carboxylic acids is 1. The number of carboxylic acid groups (broad SMARTS) is 1. The lowest BCUT2D eigenvalue weighted by Crippen LogP contribution is -2.48. The summed E-state index contributed by atoms with van der Waals surface area (Å²) in [4.78, 5) is 25.3. The molecule has 1 aromatic carbocycles. The summed E-state index contributed by atoms with van der Waals surface area (Å²) < 4.78 is 0. The van der Waals surface area contributed by atoms with E-state index in [0.29, 0.717) is 24.5 Å². The minimum Gasteiger partial charge on any atom is -0.481 e. The van der Waals surface area contributed by atoms with Crippen LogP contribution in [0, 0.1) is 5.92 Å². The van der Waals surface area contributed by atoms with Gasteiger partial charge in [-0.3, -0.25) is 9.59 Å². The number of carbonyl (C=O) groups is 2. The molecule has 0 spiro atoms. The van der Waals surface area contributed by atoms with Gasteiger partial charge >= 0.3 is 5.97 Å². The first-order valence-corrected chi connectivity index (χ1v) is 8.68. The molecule has 6 nitrogen and oxygen atoms in total. The molecule has 2 saturated heterocycles. The van der Waals surface area contributed by atoms with Gasteiger partial charge in [0, 0.05) is 30.6 Å². The molecular weight excluding hydrogens is 330 g/mol. The lowest BCUT2D eigenvalue weighted by molar-refractivity contribution is -0.139. The molecule has 0 saturated carbocycles. The number of carbonyl (C=O) groups excluding carboxylic acids is 1. The van der Waals surface area contributed by atoms with Crippen molar-refractivity contribution in [1.82, 2.24) is 15.8 Å². The van der Waals surface area contributed by atoms with Crippen LogP contribution in [-0.4, -0.2) is 41.0 Å². The smallest absolute Gasteiger partial charge is 0.303 e. The fourth-order valence-corrected chi connectivity index (χ4v) is 3.58. The largest absolute Gasteiger partial charge is 0.481 e. The second-order valence-electron chi connectivity index (χ2n) is 6.55. The fourth-order valence-electron chi connectivity index (χ4n) is 3.46. The summed E-state index contributed by atoms with van der Waals surface area (Å²) in [6.45, 7) is 1.28. The number of benzene rings is 1. The predicted molar refractivity (Wildman–Crippen MR) is 90.4 cm³/mol. The van der Waals surface area contributed by atoms with Crippen molar-refractivity contribution in [1.29, 1.82) is 0 Å². The predicted octanol–water partition coefficient (Wildman–Crippen LogP) is 1.96. The van der Waals surface area contributed by atoms with E-state index in [4.69, 9.17) is 16.7 Å². The summed E-state index contributed by atoms with van der Waals surface area (Å²) >= 11 is 5.91. The molecule has 7 heteroatoms. The SMILES string of the molecule is O=C(O)CC1CCN(C(=O)C2CC(c3ccc(Cl)cc3)NN2)CC1. The normalized spacial score (nSPS) is 25.0. The first-order valence-electron chi connectivity index (χ1n) is 8.30. The number of likely N-dealkylation sites (tertiary alicyclic amines) is 1. The molecule has 2 aliphatic heterocycles. The highest BCUT2D eigenvalue weighted by atomic mass is 35.5. The molecule has 3 rings (SSSR count). The Kier molecular flexibility index (Phi) is 5.38. The van der Waals surface area contributed by atoms with E-state index in [1.807, 2.05) is 29.2 Å². The second kappa shape index (κ2) is 7.51. The summed E-state index contributed by atoms with van der Waals surface area (Å²) in [6, 6.07) is 7.46. The molecule has 1 amide bonds. The third kappa shape index (κ3) is 4.06. The molecule has 2 fully saturated rings. The molecule has 0 bridgehead atoms. The Bertz CT molecular complexity index is 600. The topological polar surface area (TPSA) is 81.7 Å². The quantitative estimate of drug-likeness (QED) is 0.772. The van der Waals surface area contributed by atoms with Crippen molar-refractivity contribution in [2.75, 3.05) is 13.1 Å². The zero-order valence-corrected chi connectivity index (χ0v) is 14.1. The zero-order valence-electron chi connectivity index (χ0n) is 13.4. The van der Waals surface area contributed by atoms with Gasteiger partial charge in [0.25, 0.3) is 0 Å². The molecule has 1 aromatic rings. The van der Waals surface area contributed by atoms with E-state index >= 15 is 0 Å². The Balaban J connectivity index is 1.52. The number of hydrogen-bond donors (Lipinski definition) is 3. The Hall–Kier alpha value is -1.63. The maximum Gasteiger partial charge on any atom is 0.303 e. The number of hydrogen-bond acceptors (Lipinski definition) is 4. The molecule has 0 aliphatic carbocycles. The number of nitrogens with zero attached hydrogens (tertiary/aromatic N) is 1. The Labute approximate surface area is 146 Å².